The number of hydrogen-bond acceptors (Lipinski definition) is 7. The fourth-order valence-corrected chi connectivity index (χ4v) is 6.11. The highest BCUT2D eigenvalue weighted by Gasteiger charge is 2.37. The molecule has 0 N–H and O–H groups in total. The highest BCUT2D eigenvalue weighted by atomic mass is 32.1. The lowest BCUT2D eigenvalue weighted by Gasteiger charge is -2.33. The molecule has 2 atom stereocenters. The second kappa shape index (κ2) is 10.6. The Kier molecular flexibility index (Phi) is 7.93. The van der Waals surface area contributed by atoms with E-state index < -0.39 is 11.7 Å². The molecule has 0 saturated heterocycles. The van der Waals surface area contributed by atoms with Crippen molar-refractivity contribution in [3.63, 3.8) is 0 Å². The summed E-state index contributed by atoms with van der Waals surface area (Å²) in [6, 6.07) is 2.20. The van der Waals surface area contributed by atoms with Gasteiger partial charge in [0.25, 0.3) is 0 Å². The van der Waals surface area contributed by atoms with Crippen molar-refractivity contribution in [3.05, 3.63) is 39.9 Å². The minimum absolute atomic E-state index is 0.179. The van der Waals surface area contributed by atoms with E-state index in [1.807, 2.05) is 33.9 Å². The van der Waals surface area contributed by atoms with Gasteiger partial charge in [0.15, 0.2) is 6.10 Å². The number of nitrogens with zero attached hydrogens (tertiary/aromatic N) is 1. The predicted octanol–water partition coefficient (Wildman–Crippen LogP) is 6.84. The number of hydrogen-bond donors (Lipinski definition) is 0. The van der Waals surface area contributed by atoms with Crippen LogP contribution in [0.25, 0.3) is 16.0 Å². The number of fused-ring (bicyclic) bond motifs is 1. The van der Waals surface area contributed by atoms with E-state index in [0.29, 0.717) is 13.2 Å². The van der Waals surface area contributed by atoms with Gasteiger partial charge in [-0.15, -0.1) is 11.3 Å². The third kappa shape index (κ3) is 5.68. The molecule has 3 heterocycles. The SMILES string of the molecule is CCOC(=O)C(OC(C)(C)C)c1c(C)sc(-c2cnc3c(c2)CCCO3)c1C1=CCC(C)(OC)CC1. The highest BCUT2D eigenvalue weighted by Crippen LogP contribution is 2.48. The molecule has 1 aliphatic heterocycles. The number of rotatable bonds is 7. The monoisotopic (exact) mass is 513 g/mol. The smallest absolute Gasteiger partial charge is 0.340 e. The summed E-state index contributed by atoms with van der Waals surface area (Å²) in [4.78, 5) is 20.1. The van der Waals surface area contributed by atoms with Crippen LogP contribution in [0.3, 0.4) is 0 Å². The fourth-order valence-electron chi connectivity index (χ4n) is 4.91. The molecule has 6 nitrogen and oxygen atoms in total. The van der Waals surface area contributed by atoms with Gasteiger partial charge in [0, 0.05) is 45.3 Å². The molecular formula is C29H39NO5S. The summed E-state index contributed by atoms with van der Waals surface area (Å²) in [5.74, 6) is 0.379. The average Bonchev–Trinajstić information content (AvgIpc) is 3.19. The number of allylic oxidation sites excluding steroid dienone is 1. The Labute approximate surface area is 219 Å². The number of esters is 1. The molecule has 36 heavy (non-hydrogen) atoms. The maximum Gasteiger partial charge on any atom is 0.340 e. The van der Waals surface area contributed by atoms with Crippen molar-refractivity contribution < 1.29 is 23.7 Å². The minimum atomic E-state index is -0.810. The highest BCUT2D eigenvalue weighted by molar-refractivity contribution is 7.16. The molecule has 0 radical (unpaired) electrons. The Bertz CT molecular complexity index is 1150. The number of methoxy groups -OCH3 is 1. The third-order valence-electron chi connectivity index (χ3n) is 6.90. The second-order valence-electron chi connectivity index (χ2n) is 10.9. The normalized spacial score (nSPS) is 20.8. The zero-order valence-corrected chi connectivity index (χ0v) is 23.5. The van der Waals surface area contributed by atoms with Gasteiger partial charge in [0.05, 0.1) is 24.4 Å². The van der Waals surface area contributed by atoms with Crippen molar-refractivity contribution in [2.24, 2.45) is 0 Å². The van der Waals surface area contributed by atoms with Gasteiger partial charge in [-0.05, 0) is 85.3 Å². The maximum atomic E-state index is 13.3. The fraction of sp³-hybridized carbons (Fsp3) is 0.586. The molecule has 1 aliphatic carbocycles. The standard InChI is InChI=1S/C29H39NO5S/c1-8-33-27(31)24(35-28(3,4)5)22-18(2)36-25(21-16-20-10-9-15-34-26(20)30-17-21)23(22)19-11-13-29(6,32-7)14-12-19/h11,16-17,24H,8-10,12-15H2,1-7H3. The summed E-state index contributed by atoms with van der Waals surface area (Å²) in [5, 5.41) is 0. The van der Waals surface area contributed by atoms with Crippen molar-refractivity contribution in [3.8, 4) is 16.3 Å². The Balaban J connectivity index is 1.90. The average molecular weight is 514 g/mol. The number of pyridine rings is 1. The molecule has 196 valence electrons. The van der Waals surface area contributed by atoms with Gasteiger partial charge < -0.3 is 18.9 Å². The molecule has 2 aromatic heterocycles. The number of ether oxygens (including phenoxy) is 4. The number of aryl methyl sites for hydroxylation is 2. The zero-order valence-electron chi connectivity index (χ0n) is 22.7. The first-order chi connectivity index (χ1) is 17.0. The first-order valence-electron chi connectivity index (χ1n) is 12.9. The molecule has 7 heteroatoms. The van der Waals surface area contributed by atoms with E-state index in [0.717, 1.165) is 70.0 Å². The zero-order chi connectivity index (χ0) is 26.1. The third-order valence-corrected chi connectivity index (χ3v) is 8.07. The lowest BCUT2D eigenvalue weighted by molar-refractivity contribution is -0.166. The van der Waals surface area contributed by atoms with Gasteiger partial charge in [-0.25, -0.2) is 9.78 Å². The summed E-state index contributed by atoms with van der Waals surface area (Å²) in [5.41, 5.74) is 4.69. The van der Waals surface area contributed by atoms with E-state index in [1.165, 1.54) is 5.57 Å². The van der Waals surface area contributed by atoms with Crippen LogP contribution in [0.2, 0.25) is 0 Å². The topological polar surface area (TPSA) is 66.9 Å². The van der Waals surface area contributed by atoms with Gasteiger partial charge in [-0.3, -0.25) is 0 Å². The Morgan fingerprint density at radius 3 is 2.72 bits per heavy atom. The van der Waals surface area contributed by atoms with E-state index in [4.69, 9.17) is 18.9 Å². The van der Waals surface area contributed by atoms with Gasteiger partial charge in [-0.1, -0.05) is 6.08 Å². The molecule has 0 spiro atoms. The summed E-state index contributed by atoms with van der Waals surface area (Å²) < 4.78 is 23.5. The number of aromatic nitrogens is 1. The van der Waals surface area contributed by atoms with Crippen LogP contribution < -0.4 is 4.74 Å². The first-order valence-corrected chi connectivity index (χ1v) is 13.7. The van der Waals surface area contributed by atoms with E-state index in [-0.39, 0.29) is 11.6 Å². The largest absolute Gasteiger partial charge is 0.477 e. The molecule has 0 bridgehead atoms. The summed E-state index contributed by atoms with van der Waals surface area (Å²) in [6.07, 6.45) is 7.88. The summed E-state index contributed by atoms with van der Waals surface area (Å²) in [7, 11) is 1.78. The Hall–Kier alpha value is -2.22. The van der Waals surface area contributed by atoms with Crippen LogP contribution in [-0.4, -0.2) is 42.5 Å². The van der Waals surface area contributed by atoms with Crippen LogP contribution in [0.5, 0.6) is 5.88 Å². The summed E-state index contributed by atoms with van der Waals surface area (Å²) in [6.45, 7) is 13.0. The van der Waals surface area contributed by atoms with Crippen LogP contribution in [0.1, 0.15) is 88.0 Å². The van der Waals surface area contributed by atoms with Crippen LogP contribution in [-0.2, 0) is 25.4 Å². The lowest BCUT2D eigenvalue weighted by Crippen LogP contribution is -2.30. The molecular weight excluding hydrogens is 474 g/mol. The van der Waals surface area contributed by atoms with Crippen LogP contribution in [0.15, 0.2) is 18.3 Å². The van der Waals surface area contributed by atoms with Crippen molar-refractivity contribution >= 4 is 22.9 Å². The van der Waals surface area contributed by atoms with Crippen molar-refractivity contribution in [1.82, 2.24) is 4.98 Å². The number of carbonyl (C=O) groups is 1. The van der Waals surface area contributed by atoms with Crippen LogP contribution in [0.4, 0.5) is 0 Å². The van der Waals surface area contributed by atoms with Crippen LogP contribution in [0, 0.1) is 6.92 Å². The second-order valence-corrected chi connectivity index (χ2v) is 12.1. The van der Waals surface area contributed by atoms with Crippen molar-refractivity contribution in [2.45, 2.75) is 91.0 Å². The molecule has 2 aliphatic rings. The summed E-state index contributed by atoms with van der Waals surface area (Å²) >= 11 is 1.69. The minimum Gasteiger partial charge on any atom is -0.477 e. The molecule has 2 aromatic rings. The number of carbonyl (C=O) groups excluding carboxylic acids is 1. The van der Waals surface area contributed by atoms with Gasteiger partial charge in [0.1, 0.15) is 0 Å². The van der Waals surface area contributed by atoms with Crippen molar-refractivity contribution in [2.75, 3.05) is 20.3 Å². The molecule has 0 saturated carbocycles. The molecule has 2 unspecified atom stereocenters. The molecule has 0 amide bonds. The van der Waals surface area contributed by atoms with Crippen molar-refractivity contribution in [1.29, 1.82) is 0 Å². The maximum absolute atomic E-state index is 13.3. The van der Waals surface area contributed by atoms with Gasteiger partial charge in [-0.2, -0.15) is 0 Å². The van der Waals surface area contributed by atoms with Gasteiger partial charge >= 0.3 is 5.97 Å². The van der Waals surface area contributed by atoms with E-state index in [1.54, 1.807) is 18.4 Å². The van der Waals surface area contributed by atoms with E-state index in [2.05, 4.69) is 31.0 Å². The van der Waals surface area contributed by atoms with Gasteiger partial charge in [0.2, 0.25) is 5.88 Å². The van der Waals surface area contributed by atoms with E-state index in [9.17, 15) is 4.79 Å². The quantitative estimate of drug-likeness (QED) is 0.378. The van der Waals surface area contributed by atoms with Crippen LogP contribution >= 0.6 is 11.3 Å². The molecule has 4 rings (SSSR count). The molecule has 0 aromatic carbocycles. The Morgan fingerprint density at radius 2 is 2.08 bits per heavy atom. The predicted molar refractivity (Wildman–Crippen MR) is 144 cm³/mol. The first kappa shape index (κ1) is 26.8. The van der Waals surface area contributed by atoms with E-state index >= 15 is 0 Å². The Morgan fingerprint density at radius 1 is 1.31 bits per heavy atom. The lowest BCUT2D eigenvalue weighted by atomic mass is 9.82. The molecule has 0 fully saturated rings. The number of thiophene rings is 1.